The fourth-order valence-corrected chi connectivity index (χ4v) is 3.66. The highest BCUT2D eigenvalue weighted by atomic mass is 16.6. The summed E-state index contributed by atoms with van der Waals surface area (Å²) in [6.07, 6.45) is 0. The van der Waals surface area contributed by atoms with Crippen molar-refractivity contribution < 1.29 is 28.8 Å². The number of benzene rings is 3. The molecule has 1 aliphatic rings. The number of nitro benzene ring substituents is 1. The van der Waals surface area contributed by atoms with Crippen LogP contribution < -0.4 is 4.74 Å². The molecule has 0 radical (unpaired) electrons. The first-order valence-corrected chi connectivity index (χ1v) is 9.81. The van der Waals surface area contributed by atoms with E-state index in [1.807, 2.05) is 6.92 Å². The van der Waals surface area contributed by atoms with Crippen LogP contribution in [0.5, 0.6) is 5.75 Å². The fraction of sp³-hybridized carbons (Fsp3) is 0.125. The minimum atomic E-state index is -0.982. The Morgan fingerprint density at radius 1 is 0.906 bits per heavy atom. The number of esters is 1. The Bertz CT molecular complexity index is 1280. The van der Waals surface area contributed by atoms with Crippen molar-refractivity contribution in [3.63, 3.8) is 0 Å². The third-order valence-corrected chi connectivity index (χ3v) is 5.10. The molecule has 0 unspecified atom stereocenters. The van der Waals surface area contributed by atoms with Gasteiger partial charge in [0, 0.05) is 22.3 Å². The van der Waals surface area contributed by atoms with Gasteiger partial charge in [-0.3, -0.25) is 19.7 Å². The van der Waals surface area contributed by atoms with E-state index in [4.69, 9.17) is 9.47 Å². The van der Waals surface area contributed by atoms with Crippen LogP contribution >= 0.6 is 0 Å². The fourth-order valence-electron chi connectivity index (χ4n) is 3.66. The standard InChI is InChI=1S/C24H17NO7/c1-2-31-19-10-6-3-7-14(19)13-32-24(28)18-12-11-17-20(21(18)25(29)30)23(27)16-9-5-4-8-15(16)22(17)26/h3-12H,2,13H2,1H3. The highest BCUT2D eigenvalue weighted by molar-refractivity contribution is 6.30. The minimum absolute atomic E-state index is 0.0595. The average molecular weight is 431 g/mol. The summed E-state index contributed by atoms with van der Waals surface area (Å²) in [7, 11) is 0. The van der Waals surface area contributed by atoms with E-state index >= 15 is 0 Å². The molecule has 160 valence electrons. The van der Waals surface area contributed by atoms with Gasteiger partial charge in [-0.25, -0.2) is 4.79 Å². The molecular formula is C24H17NO7. The van der Waals surface area contributed by atoms with Crippen molar-refractivity contribution in [3.05, 3.63) is 104 Å². The molecular weight excluding hydrogens is 414 g/mol. The van der Waals surface area contributed by atoms with E-state index in [2.05, 4.69) is 0 Å². The maximum atomic E-state index is 13.0. The Balaban J connectivity index is 1.72. The molecule has 3 aromatic rings. The topological polar surface area (TPSA) is 113 Å². The van der Waals surface area contributed by atoms with Crippen LogP contribution in [0.4, 0.5) is 5.69 Å². The molecule has 8 heteroatoms. The van der Waals surface area contributed by atoms with Gasteiger partial charge in [0.1, 0.15) is 23.5 Å². The first-order chi connectivity index (χ1) is 15.4. The summed E-state index contributed by atoms with van der Waals surface area (Å²) in [6.45, 7) is 2.05. The predicted octanol–water partition coefficient (Wildman–Crippen LogP) is 4.13. The highest BCUT2D eigenvalue weighted by Gasteiger charge is 2.39. The van der Waals surface area contributed by atoms with Crippen molar-refractivity contribution in [2.24, 2.45) is 0 Å². The van der Waals surface area contributed by atoms with Gasteiger partial charge in [0.2, 0.25) is 5.78 Å². The molecule has 0 fully saturated rings. The van der Waals surface area contributed by atoms with E-state index in [0.717, 1.165) is 6.07 Å². The van der Waals surface area contributed by atoms with Crippen LogP contribution in [-0.2, 0) is 11.3 Å². The van der Waals surface area contributed by atoms with Crippen molar-refractivity contribution in [1.82, 2.24) is 0 Å². The summed E-state index contributed by atoms with van der Waals surface area (Å²) in [5.41, 5.74) is -0.835. The molecule has 32 heavy (non-hydrogen) atoms. The third-order valence-electron chi connectivity index (χ3n) is 5.10. The summed E-state index contributed by atoms with van der Waals surface area (Å²) in [6, 6.07) is 15.4. The van der Waals surface area contributed by atoms with Crippen molar-refractivity contribution in [3.8, 4) is 5.75 Å². The molecule has 0 aliphatic heterocycles. The van der Waals surface area contributed by atoms with Gasteiger partial charge in [0.05, 0.1) is 11.5 Å². The molecule has 1 aliphatic carbocycles. The first-order valence-electron chi connectivity index (χ1n) is 9.81. The van der Waals surface area contributed by atoms with E-state index in [9.17, 15) is 24.5 Å². The Kier molecular flexibility index (Phi) is 5.51. The summed E-state index contributed by atoms with van der Waals surface area (Å²) >= 11 is 0. The number of ketones is 2. The van der Waals surface area contributed by atoms with Crippen LogP contribution in [0.15, 0.2) is 60.7 Å². The largest absolute Gasteiger partial charge is 0.493 e. The average Bonchev–Trinajstić information content (AvgIpc) is 2.81. The monoisotopic (exact) mass is 431 g/mol. The van der Waals surface area contributed by atoms with Crippen molar-refractivity contribution in [2.45, 2.75) is 13.5 Å². The van der Waals surface area contributed by atoms with Gasteiger partial charge < -0.3 is 9.47 Å². The maximum absolute atomic E-state index is 13.0. The number of fused-ring (bicyclic) bond motifs is 2. The number of hydrogen-bond donors (Lipinski definition) is 0. The van der Waals surface area contributed by atoms with Crippen molar-refractivity contribution in [2.75, 3.05) is 6.61 Å². The normalized spacial score (nSPS) is 12.0. The van der Waals surface area contributed by atoms with E-state index in [1.54, 1.807) is 36.4 Å². The van der Waals surface area contributed by atoms with Crippen LogP contribution in [-0.4, -0.2) is 29.1 Å². The molecule has 0 atom stereocenters. The van der Waals surface area contributed by atoms with Gasteiger partial charge in [-0.05, 0) is 25.1 Å². The third kappa shape index (κ3) is 3.51. The number of nitrogens with zero attached hydrogens (tertiary/aromatic N) is 1. The van der Waals surface area contributed by atoms with E-state index in [1.165, 1.54) is 18.2 Å². The summed E-state index contributed by atoms with van der Waals surface area (Å²) in [5, 5.41) is 11.9. The van der Waals surface area contributed by atoms with Gasteiger partial charge in [0.15, 0.2) is 5.78 Å². The number of hydrogen-bond acceptors (Lipinski definition) is 7. The van der Waals surface area contributed by atoms with E-state index in [-0.39, 0.29) is 23.3 Å². The molecule has 0 aromatic heterocycles. The molecule has 0 N–H and O–H groups in total. The second-order valence-electron chi connectivity index (χ2n) is 6.96. The lowest BCUT2D eigenvalue weighted by molar-refractivity contribution is -0.385. The second-order valence-corrected chi connectivity index (χ2v) is 6.96. The number of carbonyl (C=O) groups is 3. The predicted molar refractivity (Wildman–Crippen MR) is 113 cm³/mol. The smallest absolute Gasteiger partial charge is 0.345 e. The molecule has 3 aromatic carbocycles. The van der Waals surface area contributed by atoms with Gasteiger partial charge >= 0.3 is 5.97 Å². The number of ether oxygens (including phenoxy) is 2. The number of para-hydroxylation sites is 1. The summed E-state index contributed by atoms with van der Waals surface area (Å²) in [4.78, 5) is 49.7. The van der Waals surface area contributed by atoms with E-state index < -0.39 is 39.3 Å². The van der Waals surface area contributed by atoms with Crippen LogP contribution in [0.3, 0.4) is 0 Å². The SMILES string of the molecule is CCOc1ccccc1COC(=O)c1ccc2c(c1[N+](=O)[O-])C(=O)c1ccccc1C2=O. The van der Waals surface area contributed by atoms with Crippen molar-refractivity contribution in [1.29, 1.82) is 0 Å². The second kappa shape index (κ2) is 8.43. The summed E-state index contributed by atoms with van der Waals surface area (Å²) in [5.74, 6) is -1.65. The first kappa shape index (κ1) is 20.9. The molecule has 4 rings (SSSR count). The lowest BCUT2D eigenvalue weighted by atomic mass is 9.82. The number of nitro groups is 1. The highest BCUT2D eigenvalue weighted by Crippen LogP contribution is 2.36. The number of rotatable bonds is 6. The quantitative estimate of drug-likeness (QED) is 0.256. The minimum Gasteiger partial charge on any atom is -0.493 e. The Labute approximate surface area is 182 Å². The zero-order chi connectivity index (χ0) is 22.8. The molecule has 8 nitrogen and oxygen atoms in total. The lowest BCUT2D eigenvalue weighted by Gasteiger charge is -2.18. The lowest BCUT2D eigenvalue weighted by Crippen LogP contribution is -2.23. The van der Waals surface area contributed by atoms with Crippen LogP contribution in [0.1, 0.15) is 54.7 Å². The van der Waals surface area contributed by atoms with Crippen LogP contribution in [0.2, 0.25) is 0 Å². The molecule has 0 saturated carbocycles. The molecule has 0 saturated heterocycles. The zero-order valence-electron chi connectivity index (χ0n) is 17.0. The molecule has 0 spiro atoms. The Hall–Kier alpha value is -4.33. The van der Waals surface area contributed by atoms with E-state index in [0.29, 0.717) is 17.9 Å². The van der Waals surface area contributed by atoms with Gasteiger partial charge in [-0.1, -0.05) is 42.5 Å². The molecule has 0 amide bonds. The summed E-state index contributed by atoms with van der Waals surface area (Å²) < 4.78 is 10.8. The maximum Gasteiger partial charge on any atom is 0.345 e. The Morgan fingerprint density at radius 3 is 2.25 bits per heavy atom. The molecule has 0 bridgehead atoms. The van der Waals surface area contributed by atoms with Gasteiger partial charge in [0.25, 0.3) is 5.69 Å². The van der Waals surface area contributed by atoms with Crippen molar-refractivity contribution >= 4 is 23.2 Å². The van der Waals surface area contributed by atoms with Gasteiger partial charge in [-0.2, -0.15) is 0 Å². The van der Waals surface area contributed by atoms with Crippen LogP contribution in [0.25, 0.3) is 0 Å². The molecule has 0 heterocycles. The Morgan fingerprint density at radius 2 is 1.56 bits per heavy atom. The number of carbonyl (C=O) groups excluding carboxylic acids is 3. The zero-order valence-corrected chi connectivity index (χ0v) is 17.0. The van der Waals surface area contributed by atoms with Crippen LogP contribution in [0, 0.1) is 10.1 Å². The van der Waals surface area contributed by atoms with Gasteiger partial charge in [-0.15, -0.1) is 0 Å².